The Morgan fingerprint density at radius 2 is 2.00 bits per heavy atom. The molecule has 0 amide bonds. The van der Waals surface area contributed by atoms with E-state index in [4.69, 9.17) is 11.6 Å². The molecule has 3 heteroatoms. The molecular formula is C16H22ClNO. The fourth-order valence-corrected chi connectivity index (χ4v) is 3.26. The van der Waals surface area contributed by atoms with Gasteiger partial charge in [-0.15, -0.1) is 0 Å². The summed E-state index contributed by atoms with van der Waals surface area (Å²) in [5, 5.41) is 4.05. The molecule has 104 valence electrons. The average Bonchev–Trinajstić information content (AvgIpc) is 2.42. The van der Waals surface area contributed by atoms with Gasteiger partial charge in [-0.3, -0.25) is 4.79 Å². The lowest BCUT2D eigenvalue weighted by Gasteiger charge is -2.36. The molecule has 0 unspecified atom stereocenters. The van der Waals surface area contributed by atoms with Crippen LogP contribution in [0.5, 0.6) is 0 Å². The lowest BCUT2D eigenvalue weighted by Crippen LogP contribution is -2.42. The number of Topliss-reactive ketones (excluding diaryl/α,β-unsaturated/α-hetero) is 1. The van der Waals surface area contributed by atoms with Crippen LogP contribution in [-0.4, -0.2) is 18.9 Å². The predicted octanol–water partition coefficient (Wildman–Crippen LogP) is 3.62. The van der Waals surface area contributed by atoms with E-state index in [0.717, 1.165) is 44.3 Å². The molecule has 2 rings (SSSR count). The number of rotatable bonds is 5. The van der Waals surface area contributed by atoms with Crippen LogP contribution in [0.25, 0.3) is 0 Å². The summed E-state index contributed by atoms with van der Waals surface area (Å²) in [7, 11) is 0. The Balaban J connectivity index is 2.14. The summed E-state index contributed by atoms with van der Waals surface area (Å²) < 4.78 is 0. The Kier molecular flexibility index (Phi) is 5.00. The lowest BCUT2D eigenvalue weighted by atomic mass is 9.70. The molecule has 2 nitrogen and oxygen atoms in total. The number of hydrogen-bond acceptors (Lipinski definition) is 2. The summed E-state index contributed by atoms with van der Waals surface area (Å²) in [6.07, 6.45) is 4.46. The van der Waals surface area contributed by atoms with E-state index in [1.54, 1.807) is 0 Å². The van der Waals surface area contributed by atoms with E-state index < -0.39 is 0 Å². The Morgan fingerprint density at radius 3 is 2.63 bits per heavy atom. The molecule has 1 aliphatic rings. The minimum atomic E-state index is -0.126. The molecule has 0 bridgehead atoms. The molecule has 0 radical (unpaired) electrons. The molecule has 1 aromatic rings. The van der Waals surface area contributed by atoms with Crippen LogP contribution >= 0.6 is 11.6 Å². The van der Waals surface area contributed by atoms with Crippen LogP contribution in [0, 0.1) is 5.41 Å². The maximum absolute atomic E-state index is 12.7. The third-order valence-electron chi connectivity index (χ3n) is 4.19. The van der Waals surface area contributed by atoms with Gasteiger partial charge in [-0.25, -0.2) is 0 Å². The monoisotopic (exact) mass is 279 g/mol. The molecule has 1 aromatic carbocycles. The van der Waals surface area contributed by atoms with E-state index in [1.165, 1.54) is 0 Å². The van der Waals surface area contributed by atoms with Gasteiger partial charge >= 0.3 is 0 Å². The van der Waals surface area contributed by atoms with Gasteiger partial charge in [0.25, 0.3) is 0 Å². The molecule has 19 heavy (non-hydrogen) atoms. The third-order valence-corrected chi connectivity index (χ3v) is 4.56. The normalized spacial score (nSPS) is 18.2. The third kappa shape index (κ3) is 3.37. The van der Waals surface area contributed by atoms with E-state index in [2.05, 4.69) is 12.2 Å². The Hall–Kier alpha value is -0.860. The van der Waals surface area contributed by atoms with Gasteiger partial charge < -0.3 is 5.32 Å². The van der Waals surface area contributed by atoms with E-state index in [-0.39, 0.29) is 5.41 Å². The van der Waals surface area contributed by atoms with Crippen molar-refractivity contribution in [2.24, 2.45) is 5.41 Å². The first-order chi connectivity index (χ1) is 9.18. The van der Waals surface area contributed by atoms with Gasteiger partial charge in [0.05, 0.1) is 0 Å². The van der Waals surface area contributed by atoms with E-state index in [9.17, 15) is 4.79 Å². The molecule has 1 saturated heterocycles. The van der Waals surface area contributed by atoms with Crippen molar-refractivity contribution in [2.75, 3.05) is 13.1 Å². The number of piperidine rings is 1. The zero-order valence-electron chi connectivity index (χ0n) is 11.5. The summed E-state index contributed by atoms with van der Waals surface area (Å²) in [6, 6.07) is 7.67. The van der Waals surface area contributed by atoms with Crippen molar-refractivity contribution in [3.05, 3.63) is 34.9 Å². The Morgan fingerprint density at radius 1 is 1.32 bits per heavy atom. The zero-order chi connectivity index (χ0) is 13.7. The number of nitrogens with one attached hydrogen (secondary N) is 1. The highest BCUT2D eigenvalue weighted by molar-refractivity contribution is 6.31. The minimum absolute atomic E-state index is 0.126. The molecule has 0 aliphatic carbocycles. The molecule has 1 aliphatic heterocycles. The average molecular weight is 280 g/mol. The lowest BCUT2D eigenvalue weighted by molar-refractivity contribution is -0.130. The smallest absolute Gasteiger partial charge is 0.143 e. The molecule has 1 fully saturated rings. The standard InChI is InChI=1S/C16H22ClNO/c1-2-7-16(8-10-18-11-9-16)15(19)12-13-5-3-4-6-14(13)17/h3-6,18H,2,7-12H2,1H3. The first-order valence-corrected chi connectivity index (χ1v) is 7.53. The number of ketones is 1. The van der Waals surface area contributed by atoms with Crippen LogP contribution in [0.4, 0.5) is 0 Å². The van der Waals surface area contributed by atoms with Crippen molar-refractivity contribution >= 4 is 17.4 Å². The Labute approximate surface area is 120 Å². The SMILES string of the molecule is CCCC1(C(=O)Cc2ccccc2Cl)CCNCC1. The quantitative estimate of drug-likeness (QED) is 0.892. The second-order valence-electron chi connectivity index (χ2n) is 5.47. The summed E-state index contributed by atoms with van der Waals surface area (Å²) in [6.45, 7) is 4.06. The van der Waals surface area contributed by atoms with Gasteiger partial charge in [-0.2, -0.15) is 0 Å². The molecule has 0 atom stereocenters. The molecule has 0 saturated carbocycles. The van der Waals surface area contributed by atoms with Crippen LogP contribution in [0.15, 0.2) is 24.3 Å². The fourth-order valence-electron chi connectivity index (χ4n) is 3.05. The zero-order valence-corrected chi connectivity index (χ0v) is 12.3. The molecule has 1 heterocycles. The first-order valence-electron chi connectivity index (χ1n) is 7.15. The van der Waals surface area contributed by atoms with Crippen molar-refractivity contribution in [3.8, 4) is 0 Å². The number of halogens is 1. The highest BCUT2D eigenvalue weighted by atomic mass is 35.5. The van der Waals surface area contributed by atoms with Gasteiger partial charge in [0.2, 0.25) is 0 Å². The predicted molar refractivity (Wildman–Crippen MR) is 79.6 cm³/mol. The van der Waals surface area contributed by atoms with Gasteiger partial charge in [0.15, 0.2) is 0 Å². The van der Waals surface area contributed by atoms with Crippen LogP contribution in [0.3, 0.4) is 0 Å². The second-order valence-corrected chi connectivity index (χ2v) is 5.88. The van der Waals surface area contributed by atoms with Gasteiger partial charge in [-0.1, -0.05) is 43.1 Å². The Bertz CT molecular complexity index is 433. The number of carbonyl (C=O) groups is 1. The number of carbonyl (C=O) groups excluding carboxylic acids is 1. The topological polar surface area (TPSA) is 29.1 Å². The molecule has 1 N–H and O–H groups in total. The summed E-state index contributed by atoms with van der Waals surface area (Å²) in [5.74, 6) is 0.365. The first kappa shape index (κ1) is 14.5. The van der Waals surface area contributed by atoms with E-state index >= 15 is 0 Å². The molecular weight excluding hydrogens is 258 g/mol. The second kappa shape index (κ2) is 6.53. The van der Waals surface area contributed by atoms with Crippen molar-refractivity contribution in [3.63, 3.8) is 0 Å². The highest BCUT2D eigenvalue weighted by Gasteiger charge is 2.37. The highest BCUT2D eigenvalue weighted by Crippen LogP contribution is 2.36. The maximum Gasteiger partial charge on any atom is 0.143 e. The van der Waals surface area contributed by atoms with Gasteiger partial charge in [-0.05, 0) is 44.0 Å². The van der Waals surface area contributed by atoms with Crippen molar-refractivity contribution < 1.29 is 4.79 Å². The van der Waals surface area contributed by atoms with Crippen molar-refractivity contribution in [1.82, 2.24) is 5.32 Å². The van der Waals surface area contributed by atoms with Crippen LogP contribution < -0.4 is 5.32 Å². The minimum Gasteiger partial charge on any atom is -0.317 e. The molecule has 0 spiro atoms. The maximum atomic E-state index is 12.7. The summed E-state index contributed by atoms with van der Waals surface area (Å²) >= 11 is 6.17. The van der Waals surface area contributed by atoms with Crippen LogP contribution in [0.1, 0.15) is 38.2 Å². The molecule has 0 aromatic heterocycles. The summed E-state index contributed by atoms with van der Waals surface area (Å²) in [5.41, 5.74) is 0.835. The van der Waals surface area contributed by atoms with Gasteiger partial charge in [0, 0.05) is 16.9 Å². The fraction of sp³-hybridized carbons (Fsp3) is 0.562. The van der Waals surface area contributed by atoms with E-state index in [0.29, 0.717) is 17.2 Å². The van der Waals surface area contributed by atoms with Crippen molar-refractivity contribution in [2.45, 2.75) is 39.0 Å². The van der Waals surface area contributed by atoms with Crippen LogP contribution in [0.2, 0.25) is 5.02 Å². The van der Waals surface area contributed by atoms with E-state index in [1.807, 2.05) is 24.3 Å². The van der Waals surface area contributed by atoms with Crippen LogP contribution in [-0.2, 0) is 11.2 Å². The van der Waals surface area contributed by atoms with Gasteiger partial charge in [0.1, 0.15) is 5.78 Å². The van der Waals surface area contributed by atoms with Crippen molar-refractivity contribution in [1.29, 1.82) is 0 Å². The summed E-state index contributed by atoms with van der Waals surface area (Å²) in [4.78, 5) is 12.7. The largest absolute Gasteiger partial charge is 0.317 e. The number of benzene rings is 1. The number of hydrogen-bond donors (Lipinski definition) is 1.